The third kappa shape index (κ3) is 2.41. The molecular formula is C13H17N3O. The Bertz CT molecular complexity index is 530. The third-order valence-electron chi connectivity index (χ3n) is 2.77. The van der Waals surface area contributed by atoms with Crippen molar-refractivity contribution in [3.8, 4) is 0 Å². The summed E-state index contributed by atoms with van der Waals surface area (Å²) in [5.74, 6) is 0.0730. The van der Waals surface area contributed by atoms with E-state index in [0.29, 0.717) is 19.5 Å². The van der Waals surface area contributed by atoms with E-state index < -0.39 is 0 Å². The van der Waals surface area contributed by atoms with Crippen molar-refractivity contribution < 1.29 is 4.79 Å². The number of aromatic nitrogens is 1. The van der Waals surface area contributed by atoms with Crippen LogP contribution in [0.3, 0.4) is 0 Å². The second-order valence-corrected chi connectivity index (χ2v) is 4.00. The van der Waals surface area contributed by atoms with Crippen molar-refractivity contribution >= 4 is 22.5 Å². The summed E-state index contributed by atoms with van der Waals surface area (Å²) < 4.78 is 2.03. The lowest BCUT2D eigenvalue weighted by Crippen LogP contribution is -2.23. The zero-order chi connectivity index (χ0) is 12.3. The molecule has 2 rings (SSSR count). The predicted molar refractivity (Wildman–Crippen MR) is 69.7 cm³/mol. The topological polar surface area (TPSA) is 60.0 Å². The smallest absolute Gasteiger partial charge is 0.221 e. The van der Waals surface area contributed by atoms with Crippen LogP contribution in [-0.2, 0) is 11.3 Å². The molecule has 1 aromatic carbocycles. The minimum Gasteiger partial charge on any atom is -0.397 e. The molecule has 0 aliphatic rings. The van der Waals surface area contributed by atoms with E-state index in [1.54, 1.807) is 0 Å². The molecule has 0 spiro atoms. The molecule has 4 nitrogen and oxygen atoms in total. The number of hydrogen-bond donors (Lipinski definition) is 2. The summed E-state index contributed by atoms with van der Waals surface area (Å²) in [7, 11) is 0. The molecule has 0 saturated carbocycles. The molecular weight excluding hydrogens is 214 g/mol. The maximum absolute atomic E-state index is 11.4. The minimum atomic E-state index is 0.0730. The zero-order valence-corrected chi connectivity index (χ0v) is 9.94. The van der Waals surface area contributed by atoms with E-state index in [-0.39, 0.29) is 5.91 Å². The van der Waals surface area contributed by atoms with E-state index in [1.807, 2.05) is 42.0 Å². The van der Waals surface area contributed by atoms with Gasteiger partial charge in [-0.15, -0.1) is 0 Å². The van der Waals surface area contributed by atoms with Crippen LogP contribution < -0.4 is 11.1 Å². The minimum absolute atomic E-state index is 0.0730. The number of benzene rings is 1. The van der Waals surface area contributed by atoms with Crippen LogP contribution in [0.2, 0.25) is 0 Å². The number of rotatable bonds is 4. The Kier molecular flexibility index (Phi) is 3.32. The van der Waals surface area contributed by atoms with Gasteiger partial charge in [-0.1, -0.05) is 12.1 Å². The van der Waals surface area contributed by atoms with Gasteiger partial charge in [-0.05, 0) is 19.1 Å². The van der Waals surface area contributed by atoms with Gasteiger partial charge in [-0.2, -0.15) is 0 Å². The molecule has 0 atom stereocenters. The number of nitrogens with two attached hydrogens (primary N) is 1. The molecule has 3 N–H and O–H groups in total. The van der Waals surface area contributed by atoms with Gasteiger partial charge >= 0.3 is 0 Å². The number of nitrogens with one attached hydrogen (secondary N) is 1. The lowest BCUT2D eigenvalue weighted by Gasteiger charge is -2.07. The SMILES string of the molecule is CCNC(=O)CCn1ccc2cccc(N)c21. The molecule has 17 heavy (non-hydrogen) atoms. The molecule has 0 bridgehead atoms. The fraction of sp³-hybridized carbons (Fsp3) is 0.308. The van der Waals surface area contributed by atoms with Gasteiger partial charge in [0.1, 0.15) is 0 Å². The largest absolute Gasteiger partial charge is 0.397 e. The molecule has 0 fully saturated rings. The van der Waals surface area contributed by atoms with Crippen LogP contribution >= 0.6 is 0 Å². The average molecular weight is 231 g/mol. The first kappa shape index (κ1) is 11.5. The summed E-state index contributed by atoms with van der Waals surface area (Å²) in [5, 5.41) is 3.90. The van der Waals surface area contributed by atoms with E-state index in [2.05, 4.69) is 5.32 Å². The standard InChI is InChI=1S/C13H17N3O/c1-2-15-12(17)7-9-16-8-6-10-4-3-5-11(14)13(10)16/h3-6,8H,2,7,9,14H2,1H3,(H,15,17). The number of para-hydroxylation sites is 1. The van der Waals surface area contributed by atoms with E-state index in [9.17, 15) is 4.79 Å². The molecule has 2 aromatic rings. The molecule has 0 aliphatic carbocycles. The number of nitrogens with zero attached hydrogens (tertiary/aromatic N) is 1. The summed E-state index contributed by atoms with van der Waals surface area (Å²) in [6, 6.07) is 7.86. The van der Waals surface area contributed by atoms with Gasteiger partial charge < -0.3 is 15.6 Å². The van der Waals surface area contributed by atoms with Gasteiger partial charge in [0.25, 0.3) is 0 Å². The van der Waals surface area contributed by atoms with Crippen LogP contribution in [0.25, 0.3) is 10.9 Å². The highest BCUT2D eigenvalue weighted by Crippen LogP contribution is 2.22. The van der Waals surface area contributed by atoms with Crippen LogP contribution in [0.15, 0.2) is 30.5 Å². The van der Waals surface area contributed by atoms with Crippen LogP contribution in [-0.4, -0.2) is 17.0 Å². The van der Waals surface area contributed by atoms with E-state index in [1.165, 1.54) is 0 Å². The van der Waals surface area contributed by atoms with Crippen LogP contribution in [0.1, 0.15) is 13.3 Å². The van der Waals surface area contributed by atoms with Crippen molar-refractivity contribution in [1.29, 1.82) is 0 Å². The van der Waals surface area contributed by atoms with Gasteiger partial charge in [0.05, 0.1) is 11.2 Å². The van der Waals surface area contributed by atoms with Gasteiger partial charge in [0, 0.05) is 31.1 Å². The molecule has 0 unspecified atom stereocenters. The molecule has 0 aliphatic heterocycles. The van der Waals surface area contributed by atoms with Gasteiger partial charge in [0.2, 0.25) is 5.91 Å². The predicted octanol–water partition coefficient (Wildman–Crippen LogP) is 1.75. The van der Waals surface area contributed by atoms with Crippen molar-refractivity contribution in [3.05, 3.63) is 30.5 Å². The van der Waals surface area contributed by atoms with Crippen molar-refractivity contribution in [1.82, 2.24) is 9.88 Å². The second kappa shape index (κ2) is 4.91. The molecule has 90 valence electrons. The Labute approximate surface area is 100 Å². The first-order valence-corrected chi connectivity index (χ1v) is 5.82. The Hall–Kier alpha value is -1.97. The lowest BCUT2D eigenvalue weighted by atomic mass is 10.2. The van der Waals surface area contributed by atoms with Gasteiger partial charge in [-0.3, -0.25) is 4.79 Å². The normalized spacial score (nSPS) is 10.6. The molecule has 0 saturated heterocycles. The Morgan fingerprint density at radius 1 is 1.41 bits per heavy atom. The Morgan fingerprint density at radius 2 is 2.24 bits per heavy atom. The van der Waals surface area contributed by atoms with E-state index in [0.717, 1.165) is 16.6 Å². The average Bonchev–Trinajstić information content (AvgIpc) is 2.71. The third-order valence-corrected chi connectivity index (χ3v) is 2.77. The van der Waals surface area contributed by atoms with Crippen molar-refractivity contribution in [2.45, 2.75) is 19.9 Å². The van der Waals surface area contributed by atoms with Crippen molar-refractivity contribution in [2.24, 2.45) is 0 Å². The fourth-order valence-electron chi connectivity index (χ4n) is 1.98. The number of amides is 1. The van der Waals surface area contributed by atoms with Crippen molar-refractivity contribution in [2.75, 3.05) is 12.3 Å². The Balaban J connectivity index is 2.16. The number of carbonyl (C=O) groups is 1. The fourth-order valence-corrected chi connectivity index (χ4v) is 1.98. The zero-order valence-electron chi connectivity index (χ0n) is 9.94. The first-order valence-electron chi connectivity index (χ1n) is 5.82. The van der Waals surface area contributed by atoms with Crippen LogP contribution in [0, 0.1) is 0 Å². The van der Waals surface area contributed by atoms with Gasteiger partial charge in [0.15, 0.2) is 0 Å². The lowest BCUT2D eigenvalue weighted by molar-refractivity contribution is -0.121. The molecule has 1 aromatic heterocycles. The highest BCUT2D eigenvalue weighted by molar-refractivity contribution is 5.90. The number of fused-ring (bicyclic) bond motifs is 1. The summed E-state index contributed by atoms with van der Waals surface area (Å²) in [6.07, 6.45) is 2.45. The number of carbonyl (C=O) groups excluding carboxylic acids is 1. The number of anilines is 1. The van der Waals surface area contributed by atoms with E-state index in [4.69, 9.17) is 5.73 Å². The highest BCUT2D eigenvalue weighted by atomic mass is 16.1. The van der Waals surface area contributed by atoms with E-state index >= 15 is 0 Å². The summed E-state index contributed by atoms with van der Waals surface area (Å²) in [4.78, 5) is 11.4. The van der Waals surface area contributed by atoms with Crippen molar-refractivity contribution in [3.63, 3.8) is 0 Å². The number of hydrogen-bond acceptors (Lipinski definition) is 2. The summed E-state index contributed by atoms with van der Waals surface area (Å²) in [5.41, 5.74) is 7.71. The van der Waals surface area contributed by atoms with Crippen LogP contribution in [0.4, 0.5) is 5.69 Å². The number of aryl methyl sites for hydroxylation is 1. The molecule has 4 heteroatoms. The summed E-state index contributed by atoms with van der Waals surface area (Å²) in [6.45, 7) is 3.25. The monoisotopic (exact) mass is 231 g/mol. The maximum Gasteiger partial charge on any atom is 0.221 e. The Morgan fingerprint density at radius 3 is 3.00 bits per heavy atom. The highest BCUT2D eigenvalue weighted by Gasteiger charge is 2.05. The first-order chi connectivity index (χ1) is 8.22. The molecule has 0 radical (unpaired) electrons. The van der Waals surface area contributed by atoms with Crippen LogP contribution in [0.5, 0.6) is 0 Å². The van der Waals surface area contributed by atoms with Gasteiger partial charge in [-0.25, -0.2) is 0 Å². The quantitative estimate of drug-likeness (QED) is 0.787. The summed E-state index contributed by atoms with van der Waals surface area (Å²) >= 11 is 0. The molecule has 1 amide bonds. The maximum atomic E-state index is 11.4. The number of nitrogen functional groups attached to an aromatic ring is 1. The second-order valence-electron chi connectivity index (χ2n) is 4.00. The molecule has 1 heterocycles.